The molecule has 1 aromatic rings. The fourth-order valence-corrected chi connectivity index (χ4v) is 2.81. The van der Waals surface area contributed by atoms with Crippen molar-refractivity contribution in [2.45, 2.75) is 12.5 Å². The Morgan fingerprint density at radius 2 is 2.00 bits per heavy atom. The van der Waals surface area contributed by atoms with Crippen LogP contribution < -0.4 is 10.3 Å². The fraction of sp³-hybridized carbons (Fsp3) is 0.286. The molecule has 2 atom stereocenters. The topological polar surface area (TPSA) is 131 Å². The summed E-state index contributed by atoms with van der Waals surface area (Å²) < 4.78 is 4.59. The Morgan fingerprint density at radius 1 is 1.38 bits per heavy atom. The summed E-state index contributed by atoms with van der Waals surface area (Å²) in [6, 6.07) is 4.98. The maximum atomic E-state index is 12.7. The Labute approximate surface area is 135 Å². The van der Waals surface area contributed by atoms with Gasteiger partial charge in [0.25, 0.3) is 11.6 Å². The van der Waals surface area contributed by atoms with E-state index in [9.17, 15) is 24.5 Å². The van der Waals surface area contributed by atoms with Crippen LogP contribution in [0.1, 0.15) is 6.92 Å². The van der Waals surface area contributed by atoms with Crippen LogP contribution in [-0.4, -0.2) is 41.1 Å². The van der Waals surface area contributed by atoms with Crippen LogP contribution in [0.15, 0.2) is 29.4 Å². The minimum atomic E-state index is -1.40. The summed E-state index contributed by atoms with van der Waals surface area (Å²) in [7, 11) is 1.15. The maximum absolute atomic E-state index is 12.7. The zero-order valence-electron chi connectivity index (χ0n) is 12.7. The van der Waals surface area contributed by atoms with Crippen molar-refractivity contribution in [3.63, 3.8) is 0 Å². The Balaban J connectivity index is 1.99. The summed E-state index contributed by atoms with van der Waals surface area (Å²) in [4.78, 5) is 48.1. The van der Waals surface area contributed by atoms with E-state index >= 15 is 0 Å². The number of rotatable bonds is 3. The molecule has 0 unspecified atom stereocenters. The number of nitro groups is 1. The van der Waals surface area contributed by atoms with Gasteiger partial charge in [-0.25, -0.2) is 9.69 Å². The van der Waals surface area contributed by atoms with Crippen molar-refractivity contribution in [1.29, 1.82) is 0 Å². The first-order valence-electron chi connectivity index (χ1n) is 6.87. The Morgan fingerprint density at radius 3 is 2.54 bits per heavy atom. The number of fused-ring (bicyclic) bond motifs is 1. The standard InChI is InChI=1S/C14H12N4O6/c1-14-9(10(15-16-14)12(20)24-2)11(19)17(13(14)21)7-3-5-8(6-4-7)18(22)23/h3-6,9,16H,1-2H3/t9-,14-/m1/s1. The largest absolute Gasteiger partial charge is 0.464 e. The summed E-state index contributed by atoms with van der Waals surface area (Å²) in [5.74, 6) is -3.17. The van der Waals surface area contributed by atoms with Crippen LogP contribution in [0.3, 0.4) is 0 Å². The number of hydrazone groups is 1. The molecule has 1 fully saturated rings. The van der Waals surface area contributed by atoms with Gasteiger partial charge in [0.05, 0.1) is 17.7 Å². The van der Waals surface area contributed by atoms with Crippen molar-refractivity contribution in [2.24, 2.45) is 11.0 Å². The number of carbonyl (C=O) groups is 3. The number of carbonyl (C=O) groups excluding carboxylic acids is 3. The molecule has 124 valence electrons. The summed E-state index contributed by atoms with van der Waals surface area (Å²) in [5.41, 5.74) is 0.969. The van der Waals surface area contributed by atoms with Crippen molar-refractivity contribution < 1.29 is 24.0 Å². The third-order valence-electron chi connectivity index (χ3n) is 4.09. The van der Waals surface area contributed by atoms with Gasteiger partial charge < -0.3 is 4.74 Å². The van der Waals surface area contributed by atoms with Gasteiger partial charge in [-0.3, -0.25) is 25.1 Å². The second-order valence-electron chi connectivity index (χ2n) is 5.49. The van der Waals surface area contributed by atoms with E-state index in [0.29, 0.717) is 0 Å². The number of imide groups is 1. The lowest BCUT2D eigenvalue weighted by Gasteiger charge is -2.20. The zero-order valence-corrected chi connectivity index (χ0v) is 12.7. The number of non-ortho nitro benzene ring substituents is 1. The molecule has 2 heterocycles. The molecule has 2 aliphatic heterocycles. The number of esters is 1. The maximum Gasteiger partial charge on any atom is 0.355 e. The van der Waals surface area contributed by atoms with Crippen molar-refractivity contribution in [2.75, 3.05) is 12.0 Å². The molecule has 0 bridgehead atoms. The lowest BCUT2D eigenvalue weighted by atomic mass is 9.86. The predicted molar refractivity (Wildman–Crippen MR) is 80.1 cm³/mol. The van der Waals surface area contributed by atoms with Gasteiger partial charge in [-0.1, -0.05) is 0 Å². The minimum absolute atomic E-state index is 0.167. The van der Waals surface area contributed by atoms with Crippen LogP contribution in [0.5, 0.6) is 0 Å². The number of methoxy groups -OCH3 is 1. The molecule has 10 nitrogen and oxygen atoms in total. The zero-order chi connectivity index (χ0) is 17.6. The highest BCUT2D eigenvalue weighted by molar-refractivity contribution is 6.47. The van der Waals surface area contributed by atoms with E-state index in [-0.39, 0.29) is 17.1 Å². The number of hydrogen-bond acceptors (Lipinski definition) is 8. The molecule has 1 saturated heterocycles. The van der Waals surface area contributed by atoms with Crippen molar-refractivity contribution in [3.05, 3.63) is 34.4 Å². The van der Waals surface area contributed by atoms with Crippen molar-refractivity contribution in [1.82, 2.24) is 5.43 Å². The Bertz CT molecular complexity index is 802. The monoisotopic (exact) mass is 332 g/mol. The van der Waals surface area contributed by atoms with Gasteiger partial charge in [0.1, 0.15) is 11.5 Å². The quantitative estimate of drug-likeness (QED) is 0.356. The van der Waals surface area contributed by atoms with E-state index in [2.05, 4.69) is 15.3 Å². The molecular weight excluding hydrogens is 320 g/mol. The third kappa shape index (κ3) is 1.96. The van der Waals surface area contributed by atoms with Gasteiger partial charge in [0, 0.05) is 12.1 Å². The number of hydrogen-bond donors (Lipinski definition) is 1. The molecule has 3 rings (SSSR count). The van der Waals surface area contributed by atoms with E-state index in [1.165, 1.54) is 31.2 Å². The summed E-state index contributed by atoms with van der Waals surface area (Å²) in [6.07, 6.45) is 0. The highest BCUT2D eigenvalue weighted by Gasteiger charge is 2.63. The van der Waals surface area contributed by atoms with E-state index < -0.39 is 34.2 Å². The van der Waals surface area contributed by atoms with Crippen molar-refractivity contribution in [3.8, 4) is 0 Å². The molecule has 0 aromatic heterocycles. The van der Waals surface area contributed by atoms with Gasteiger partial charge in [0.15, 0.2) is 5.71 Å². The average Bonchev–Trinajstić information content (AvgIpc) is 3.01. The highest BCUT2D eigenvalue weighted by atomic mass is 16.6. The van der Waals surface area contributed by atoms with Crippen LogP contribution in [0.25, 0.3) is 0 Å². The van der Waals surface area contributed by atoms with Crippen LogP contribution >= 0.6 is 0 Å². The summed E-state index contributed by atoms with van der Waals surface area (Å²) in [5, 5.41) is 14.5. The molecule has 2 aliphatic rings. The second-order valence-corrected chi connectivity index (χ2v) is 5.49. The molecule has 2 amide bonds. The van der Waals surface area contributed by atoms with Gasteiger partial charge in [-0.2, -0.15) is 5.10 Å². The lowest BCUT2D eigenvalue weighted by Crippen LogP contribution is -2.48. The van der Waals surface area contributed by atoms with E-state index in [1.807, 2.05) is 0 Å². The van der Waals surface area contributed by atoms with Gasteiger partial charge in [0.2, 0.25) is 5.91 Å². The molecule has 1 aromatic carbocycles. The number of benzene rings is 1. The van der Waals surface area contributed by atoms with Crippen LogP contribution in [0.2, 0.25) is 0 Å². The molecule has 0 radical (unpaired) electrons. The lowest BCUT2D eigenvalue weighted by molar-refractivity contribution is -0.384. The molecular formula is C14H12N4O6. The minimum Gasteiger partial charge on any atom is -0.464 e. The first-order valence-corrected chi connectivity index (χ1v) is 6.87. The number of amides is 2. The van der Waals surface area contributed by atoms with Crippen LogP contribution in [0.4, 0.5) is 11.4 Å². The number of ether oxygens (including phenoxy) is 1. The van der Waals surface area contributed by atoms with Crippen molar-refractivity contribution >= 4 is 34.9 Å². The fourth-order valence-electron chi connectivity index (χ4n) is 2.81. The molecule has 0 spiro atoms. The van der Waals surface area contributed by atoms with Crippen LogP contribution in [-0.2, 0) is 19.1 Å². The molecule has 24 heavy (non-hydrogen) atoms. The number of anilines is 1. The number of nitrogens with zero attached hydrogens (tertiary/aromatic N) is 3. The van der Waals surface area contributed by atoms with Gasteiger partial charge in [-0.15, -0.1) is 0 Å². The summed E-state index contributed by atoms with van der Waals surface area (Å²) in [6.45, 7) is 1.46. The average molecular weight is 332 g/mol. The van der Waals surface area contributed by atoms with E-state index in [1.54, 1.807) is 0 Å². The molecule has 0 aliphatic carbocycles. The Kier molecular flexibility index (Phi) is 3.32. The smallest absolute Gasteiger partial charge is 0.355 e. The highest BCUT2D eigenvalue weighted by Crippen LogP contribution is 2.38. The van der Waals surface area contributed by atoms with Crippen LogP contribution in [0, 0.1) is 16.0 Å². The number of nitrogens with one attached hydrogen (secondary N) is 1. The van der Waals surface area contributed by atoms with E-state index in [0.717, 1.165) is 12.0 Å². The SMILES string of the molecule is COC(=O)C1=NN[C@@]2(C)C(=O)N(c3ccc([N+](=O)[O-])cc3)C(=O)[C@@H]12. The second kappa shape index (κ2) is 5.11. The predicted octanol–water partition coefficient (Wildman–Crippen LogP) is -0.0249. The Hall–Kier alpha value is -3.30. The molecule has 0 saturated carbocycles. The third-order valence-corrected chi connectivity index (χ3v) is 4.09. The summed E-state index contributed by atoms with van der Waals surface area (Å²) >= 11 is 0. The number of nitro benzene ring substituents is 1. The first-order chi connectivity index (χ1) is 11.3. The normalized spacial score (nSPS) is 25.2. The molecule has 1 N–H and O–H groups in total. The van der Waals surface area contributed by atoms with E-state index in [4.69, 9.17) is 0 Å². The van der Waals surface area contributed by atoms with Gasteiger partial charge >= 0.3 is 5.97 Å². The first kappa shape index (κ1) is 15.6. The van der Waals surface area contributed by atoms with Gasteiger partial charge in [-0.05, 0) is 19.1 Å². The molecule has 10 heteroatoms.